The zero-order chi connectivity index (χ0) is 4.12. The van der Waals surface area contributed by atoms with E-state index in [1.165, 1.54) is 11.1 Å². The topological polar surface area (TPSA) is 23.8 Å². The summed E-state index contributed by atoms with van der Waals surface area (Å²) in [6.45, 7) is 0. The number of nitrogens with zero attached hydrogens (tertiary/aromatic N) is 1. The van der Waals surface area contributed by atoms with Crippen LogP contribution < -0.4 is 0 Å². The van der Waals surface area contributed by atoms with E-state index in [-0.39, 0.29) is 0 Å². The normalized spacial score (nSPS) is 8.00. The van der Waals surface area contributed by atoms with Gasteiger partial charge in [-0.15, -0.1) is 0 Å². The van der Waals surface area contributed by atoms with Gasteiger partial charge in [0.05, 0.1) is 6.07 Å². The number of hydrogen-bond acceptors (Lipinski definition) is 1. The third-order valence-corrected chi connectivity index (χ3v) is 0.402. The van der Waals surface area contributed by atoms with Gasteiger partial charge in [-0.05, 0) is 4.99 Å². The molecule has 0 saturated carbocycles. The van der Waals surface area contributed by atoms with Crippen molar-refractivity contribution in [3.05, 3.63) is 11.1 Å². The van der Waals surface area contributed by atoms with Crippen LogP contribution in [0.5, 0.6) is 0 Å². The predicted octanol–water partition coefficient (Wildman–Crippen LogP) is 1.42. The highest BCUT2D eigenvalue weighted by molar-refractivity contribution is 9.11. The lowest BCUT2D eigenvalue weighted by molar-refractivity contribution is 1.54. The quantitative estimate of drug-likeness (QED) is 0.457. The van der Waals surface area contributed by atoms with Gasteiger partial charge >= 0.3 is 0 Å². The number of rotatable bonds is 0. The molecule has 26 valence electrons. The Morgan fingerprint density at radius 1 is 1.80 bits per heavy atom. The van der Waals surface area contributed by atoms with Crippen molar-refractivity contribution in [1.82, 2.24) is 0 Å². The van der Waals surface area contributed by atoms with Gasteiger partial charge < -0.3 is 0 Å². The predicted molar refractivity (Wildman–Crippen MR) is 23.7 cm³/mol. The van der Waals surface area contributed by atoms with Gasteiger partial charge in [-0.25, -0.2) is 0 Å². The largest absolute Gasteiger partial charge is 0.193 e. The van der Waals surface area contributed by atoms with E-state index in [0.29, 0.717) is 0 Å². The lowest BCUT2D eigenvalue weighted by atomic mass is 10.7. The number of allylic oxidation sites excluding steroid dienone is 1. The van der Waals surface area contributed by atoms with Crippen LogP contribution in [0.25, 0.3) is 0 Å². The smallest absolute Gasteiger partial charge is 0.0917 e. The van der Waals surface area contributed by atoms with Crippen LogP contribution in [0, 0.1) is 11.3 Å². The molecule has 0 unspecified atom stereocenters. The van der Waals surface area contributed by atoms with Gasteiger partial charge in [0.2, 0.25) is 0 Å². The molecule has 0 aliphatic rings. The lowest BCUT2D eigenvalue weighted by Crippen LogP contribution is -1.30. The summed E-state index contributed by atoms with van der Waals surface area (Å²) >= 11 is 2.91. The first-order valence-electron chi connectivity index (χ1n) is 1.06. The summed E-state index contributed by atoms with van der Waals surface area (Å²) in [6, 6.07) is 1.79. The van der Waals surface area contributed by atoms with Gasteiger partial charge in [-0.1, -0.05) is 15.9 Å². The zero-order valence-corrected chi connectivity index (χ0v) is 4.07. The minimum absolute atomic E-state index is 1.35. The molecule has 0 aliphatic carbocycles. The van der Waals surface area contributed by atoms with E-state index in [2.05, 4.69) is 15.9 Å². The van der Waals surface area contributed by atoms with Crippen molar-refractivity contribution in [1.29, 1.82) is 5.26 Å². The van der Waals surface area contributed by atoms with E-state index in [9.17, 15) is 0 Å². The van der Waals surface area contributed by atoms with E-state index in [4.69, 9.17) is 5.26 Å². The van der Waals surface area contributed by atoms with Crippen LogP contribution in [0.2, 0.25) is 0 Å². The Hall–Kier alpha value is -0.290. The molecule has 1 nitrogen and oxygen atoms in total. The van der Waals surface area contributed by atoms with Crippen LogP contribution in [0.15, 0.2) is 11.1 Å². The molecule has 0 fully saturated rings. The minimum Gasteiger partial charge on any atom is -0.193 e. The fourth-order valence-corrected chi connectivity index (χ4v) is 0.146. The van der Waals surface area contributed by atoms with Gasteiger partial charge in [0.25, 0.3) is 0 Å². The Morgan fingerprint density at radius 3 is 2.40 bits per heavy atom. The molecule has 0 aromatic rings. The third kappa shape index (κ3) is 3.71. The van der Waals surface area contributed by atoms with E-state index >= 15 is 0 Å². The van der Waals surface area contributed by atoms with Crippen molar-refractivity contribution in [2.24, 2.45) is 0 Å². The first-order chi connectivity index (χ1) is 2.41. The van der Waals surface area contributed by atoms with Crippen molar-refractivity contribution in [3.8, 4) is 6.07 Å². The van der Waals surface area contributed by atoms with Gasteiger partial charge in [-0.2, -0.15) is 5.26 Å². The maximum atomic E-state index is 7.70. The summed E-state index contributed by atoms with van der Waals surface area (Å²) in [5, 5.41) is 7.70. The van der Waals surface area contributed by atoms with Crippen LogP contribution in [0.1, 0.15) is 0 Å². The van der Waals surface area contributed by atoms with Crippen LogP contribution in [-0.4, -0.2) is 0 Å². The average molecular weight is 132 g/mol. The summed E-state index contributed by atoms with van der Waals surface area (Å²) in [5.41, 5.74) is 0. The molecular weight excluding hydrogens is 130 g/mol. The van der Waals surface area contributed by atoms with Crippen LogP contribution in [-0.2, 0) is 0 Å². The Bertz CT molecular complexity index is 69.5. The Morgan fingerprint density at radius 2 is 2.40 bits per heavy atom. The second-order valence-corrected chi connectivity index (χ2v) is 0.950. The summed E-state index contributed by atoms with van der Waals surface area (Å²) in [5.74, 6) is 0. The van der Waals surface area contributed by atoms with Crippen LogP contribution in [0.3, 0.4) is 0 Å². The second-order valence-electron chi connectivity index (χ2n) is 0.422. The minimum atomic E-state index is 1.35. The van der Waals surface area contributed by atoms with Gasteiger partial charge in [-0.3, -0.25) is 0 Å². The first kappa shape index (κ1) is 4.71. The van der Waals surface area contributed by atoms with Crippen molar-refractivity contribution in [2.45, 2.75) is 0 Å². The fourth-order valence-electron chi connectivity index (χ4n) is 0.0282. The zero-order valence-electron chi connectivity index (χ0n) is 2.48. The molecule has 0 heterocycles. The van der Waals surface area contributed by atoms with Crippen LogP contribution in [0.4, 0.5) is 0 Å². The summed E-state index contributed by atoms with van der Waals surface area (Å²) < 4.78 is 0. The van der Waals surface area contributed by atoms with Gasteiger partial charge in [0.15, 0.2) is 0 Å². The molecule has 5 heavy (non-hydrogen) atoms. The van der Waals surface area contributed by atoms with Crippen LogP contribution >= 0.6 is 15.9 Å². The van der Waals surface area contributed by atoms with Crippen molar-refractivity contribution < 1.29 is 0 Å². The molecule has 0 bridgehead atoms. The van der Waals surface area contributed by atoms with E-state index in [0.717, 1.165) is 0 Å². The number of hydrogen-bond donors (Lipinski definition) is 0. The Labute approximate surface area is 39.0 Å². The van der Waals surface area contributed by atoms with Crippen molar-refractivity contribution >= 4 is 15.9 Å². The number of nitriles is 1. The molecule has 0 amide bonds. The van der Waals surface area contributed by atoms with Gasteiger partial charge in [0, 0.05) is 6.08 Å². The molecule has 0 saturated heterocycles. The summed E-state index contributed by atoms with van der Waals surface area (Å²) in [6.07, 6.45) is 1.35. The first-order valence-corrected chi connectivity index (χ1v) is 1.98. The lowest BCUT2D eigenvalue weighted by Gasteiger charge is -1.45. The Kier molecular flexibility index (Phi) is 3.49. The monoisotopic (exact) mass is 131 g/mol. The fraction of sp³-hybridized carbons (Fsp3) is 0. The molecule has 0 atom stereocenters. The van der Waals surface area contributed by atoms with Crippen molar-refractivity contribution in [2.75, 3.05) is 0 Å². The maximum absolute atomic E-state index is 7.70. The molecule has 0 rings (SSSR count). The van der Waals surface area contributed by atoms with Crippen molar-refractivity contribution in [3.63, 3.8) is 0 Å². The van der Waals surface area contributed by atoms with E-state index < -0.39 is 0 Å². The summed E-state index contributed by atoms with van der Waals surface area (Å²) in [4.78, 5) is 1.51. The molecule has 2 heteroatoms. The summed E-state index contributed by atoms with van der Waals surface area (Å²) in [7, 11) is 0. The second kappa shape index (κ2) is 3.71. The highest BCUT2D eigenvalue weighted by atomic mass is 79.9. The van der Waals surface area contributed by atoms with E-state index in [1.54, 1.807) is 6.07 Å². The highest BCUT2D eigenvalue weighted by Gasteiger charge is 1.47. The van der Waals surface area contributed by atoms with E-state index in [1.807, 2.05) is 0 Å². The Balaban J connectivity index is 3.04. The van der Waals surface area contributed by atoms with Gasteiger partial charge in [0.1, 0.15) is 0 Å². The average Bonchev–Trinajstić information content (AvgIpc) is 1.41. The maximum Gasteiger partial charge on any atom is 0.0917 e. The number of halogens is 1. The molecule has 0 spiro atoms. The molecule has 0 aliphatic heterocycles. The molecular formula is C3H2BrN. The molecule has 0 aromatic carbocycles. The standard InChI is InChI=1S/C3H2BrN/c4-2-1-3-5/h1-2H/b2-1+. The molecule has 0 aromatic heterocycles. The SMILES string of the molecule is N#C/C=C/Br. The molecule has 0 radical (unpaired) electrons. The highest BCUT2D eigenvalue weighted by Crippen LogP contribution is 1.76. The third-order valence-electron chi connectivity index (χ3n) is 0.138. The molecule has 0 N–H and O–H groups in total.